The van der Waals surface area contributed by atoms with Crippen LogP contribution in [0.1, 0.15) is 53.6 Å². The first-order valence-electron chi connectivity index (χ1n) is 10.8. The van der Waals surface area contributed by atoms with E-state index < -0.39 is 28.5 Å². The van der Waals surface area contributed by atoms with Crippen molar-refractivity contribution in [3.8, 4) is 6.07 Å². The maximum absolute atomic E-state index is 12.7. The molecule has 1 atom stereocenters. The van der Waals surface area contributed by atoms with Crippen LogP contribution in [0.5, 0.6) is 0 Å². The van der Waals surface area contributed by atoms with Gasteiger partial charge in [0.05, 0.1) is 16.0 Å². The first kappa shape index (κ1) is 24.9. The number of fused-ring (bicyclic) bond motifs is 1. The molecule has 1 heterocycles. The van der Waals surface area contributed by atoms with Crippen molar-refractivity contribution in [2.24, 2.45) is 5.92 Å². The van der Waals surface area contributed by atoms with Crippen LogP contribution in [0.4, 0.5) is 5.00 Å². The first-order chi connectivity index (χ1) is 15.7. The normalized spacial score (nSPS) is 15.5. The molecule has 1 aromatic carbocycles. The number of amides is 1. The van der Waals surface area contributed by atoms with Crippen molar-refractivity contribution < 1.29 is 22.7 Å². The summed E-state index contributed by atoms with van der Waals surface area (Å²) in [5.41, 5.74) is 1.52. The fourth-order valence-corrected chi connectivity index (χ4v) is 6.71. The van der Waals surface area contributed by atoms with Gasteiger partial charge in [0.15, 0.2) is 6.61 Å². The fraction of sp³-hybridized carbons (Fsp3) is 0.435. The molecule has 8 nitrogen and oxygen atoms in total. The van der Waals surface area contributed by atoms with E-state index in [2.05, 4.69) is 18.3 Å². The maximum Gasteiger partial charge on any atom is 0.338 e. The molecule has 0 aliphatic heterocycles. The third kappa shape index (κ3) is 5.43. The van der Waals surface area contributed by atoms with E-state index in [-0.39, 0.29) is 10.5 Å². The number of nitrogens with one attached hydrogen (secondary N) is 1. The van der Waals surface area contributed by atoms with Crippen LogP contribution in [0, 0.1) is 17.2 Å². The molecule has 0 spiro atoms. The molecule has 1 aromatic heterocycles. The number of carbonyl (C=O) groups excluding carboxylic acids is 2. The predicted octanol–water partition coefficient (Wildman–Crippen LogP) is 3.57. The van der Waals surface area contributed by atoms with E-state index in [1.165, 1.54) is 39.9 Å². The second kappa shape index (κ2) is 10.5. The Morgan fingerprint density at radius 2 is 2.03 bits per heavy atom. The minimum absolute atomic E-state index is 0.0119. The van der Waals surface area contributed by atoms with Crippen molar-refractivity contribution in [2.45, 2.75) is 44.9 Å². The first-order valence-corrected chi connectivity index (χ1v) is 13.1. The summed E-state index contributed by atoms with van der Waals surface area (Å²) < 4.78 is 31.8. The van der Waals surface area contributed by atoms with Gasteiger partial charge in [0.25, 0.3) is 5.91 Å². The summed E-state index contributed by atoms with van der Waals surface area (Å²) in [7, 11) is -3.73. The lowest BCUT2D eigenvalue weighted by Crippen LogP contribution is -2.30. The molecule has 2 aromatic rings. The number of carbonyl (C=O) groups is 2. The van der Waals surface area contributed by atoms with Gasteiger partial charge in [-0.3, -0.25) is 4.79 Å². The molecule has 10 heteroatoms. The topological polar surface area (TPSA) is 117 Å². The Bertz CT molecular complexity index is 1190. The minimum atomic E-state index is -3.73. The Balaban J connectivity index is 1.66. The number of anilines is 1. The summed E-state index contributed by atoms with van der Waals surface area (Å²) in [5, 5.41) is 12.7. The molecule has 1 unspecified atom stereocenters. The highest BCUT2D eigenvalue weighted by atomic mass is 32.2. The SMILES string of the molecule is CCN(CC)S(=O)(=O)c1cccc(C(=O)OCC(=O)Nc2sc3c(c2C#N)CCC(C)C3)c1. The van der Waals surface area contributed by atoms with Crippen LogP contribution >= 0.6 is 11.3 Å². The molecule has 1 amide bonds. The summed E-state index contributed by atoms with van der Waals surface area (Å²) in [6.07, 6.45) is 2.70. The summed E-state index contributed by atoms with van der Waals surface area (Å²) in [5.74, 6) is -0.825. The highest BCUT2D eigenvalue weighted by Gasteiger charge is 2.25. The highest BCUT2D eigenvalue weighted by Crippen LogP contribution is 2.39. The van der Waals surface area contributed by atoms with Crippen molar-refractivity contribution in [3.05, 3.63) is 45.8 Å². The Hall–Kier alpha value is -2.74. The van der Waals surface area contributed by atoms with Crippen molar-refractivity contribution in [1.82, 2.24) is 4.31 Å². The minimum Gasteiger partial charge on any atom is -0.452 e. The summed E-state index contributed by atoms with van der Waals surface area (Å²) >= 11 is 1.39. The molecule has 0 saturated carbocycles. The van der Waals surface area contributed by atoms with Crippen molar-refractivity contribution >= 4 is 38.2 Å². The highest BCUT2D eigenvalue weighted by molar-refractivity contribution is 7.89. The molecule has 1 N–H and O–H groups in total. The number of nitrogens with zero attached hydrogens (tertiary/aromatic N) is 2. The zero-order valence-electron chi connectivity index (χ0n) is 18.9. The predicted molar refractivity (Wildman–Crippen MR) is 126 cm³/mol. The van der Waals surface area contributed by atoms with E-state index in [9.17, 15) is 23.3 Å². The lowest BCUT2D eigenvalue weighted by Gasteiger charge is -2.18. The quantitative estimate of drug-likeness (QED) is 0.567. The van der Waals surface area contributed by atoms with Crippen LogP contribution < -0.4 is 5.32 Å². The number of hydrogen-bond donors (Lipinski definition) is 1. The smallest absolute Gasteiger partial charge is 0.338 e. The zero-order valence-corrected chi connectivity index (χ0v) is 20.5. The molecule has 0 saturated heterocycles. The summed E-state index contributed by atoms with van der Waals surface area (Å²) in [6, 6.07) is 7.74. The number of ether oxygens (including phenoxy) is 1. The van der Waals surface area contributed by atoms with Gasteiger partial charge in [0, 0.05) is 18.0 Å². The van der Waals surface area contributed by atoms with E-state index in [1.807, 2.05) is 0 Å². The van der Waals surface area contributed by atoms with Gasteiger partial charge in [-0.2, -0.15) is 9.57 Å². The molecule has 0 bridgehead atoms. The number of nitriles is 1. The third-order valence-electron chi connectivity index (χ3n) is 5.62. The molecule has 0 fully saturated rings. The van der Waals surface area contributed by atoms with Crippen LogP contribution in [0.2, 0.25) is 0 Å². The van der Waals surface area contributed by atoms with E-state index in [0.717, 1.165) is 29.7 Å². The van der Waals surface area contributed by atoms with Crippen molar-refractivity contribution in [3.63, 3.8) is 0 Å². The molecular weight excluding hydrogens is 462 g/mol. The average Bonchev–Trinajstić information content (AvgIpc) is 3.13. The van der Waals surface area contributed by atoms with E-state index in [1.54, 1.807) is 13.8 Å². The summed E-state index contributed by atoms with van der Waals surface area (Å²) in [4.78, 5) is 25.9. The van der Waals surface area contributed by atoms with Gasteiger partial charge in [-0.15, -0.1) is 11.3 Å². The Kier molecular flexibility index (Phi) is 7.89. The largest absolute Gasteiger partial charge is 0.452 e. The van der Waals surface area contributed by atoms with Crippen LogP contribution in [0.3, 0.4) is 0 Å². The number of rotatable bonds is 8. The van der Waals surface area contributed by atoms with Crippen LogP contribution in [-0.4, -0.2) is 44.3 Å². The molecule has 33 heavy (non-hydrogen) atoms. The molecule has 1 aliphatic carbocycles. The van der Waals surface area contributed by atoms with Crippen molar-refractivity contribution in [1.29, 1.82) is 5.26 Å². The van der Waals surface area contributed by atoms with E-state index >= 15 is 0 Å². The Morgan fingerprint density at radius 3 is 2.70 bits per heavy atom. The molecule has 1 aliphatic rings. The lowest BCUT2D eigenvalue weighted by molar-refractivity contribution is -0.119. The zero-order chi connectivity index (χ0) is 24.2. The third-order valence-corrected chi connectivity index (χ3v) is 8.84. The Labute approximate surface area is 198 Å². The van der Waals surface area contributed by atoms with E-state index in [0.29, 0.717) is 29.6 Å². The molecule has 0 radical (unpaired) electrons. The van der Waals surface area contributed by atoms with Gasteiger partial charge >= 0.3 is 5.97 Å². The average molecular weight is 490 g/mol. The second-order valence-corrected chi connectivity index (χ2v) is 11.0. The van der Waals surface area contributed by atoms with Gasteiger partial charge in [-0.25, -0.2) is 13.2 Å². The fourth-order valence-electron chi connectivity index (χ4n) is 3.83. The lowest BCUT2D eigenvalue weighted by atomic mass is 9.89. The van der Waals surface area contributed by atoms with Gasteiger partial charge in [0.2, 0.25) is 10.0 Å². The van der Waals surface area contributed by atoms with Crippen LogP contribution in [-0.2, 0) is 32.4 Å². The molecular formula is C23H27N3O5S2. The second-order valence-electron chi connectivity index (χ2n) is 7.91. The van der Waals surface area contributed by atoms with Gasteiger partial charge in [-0.05, 0) is 48.9 Å². The van der Waals surface area contributed by atoms with Gasteiger partial charge < -0.3 is 10.1 Å². The van der Waals surface area contributed by atoms with Gasteiger partial charge in [0.1, 0.15) is 11.1 Å². The van der Waals surface area contributed by atoms with Crippen LogP contribution in [0.15, 0.2) is 29.2 Å². The molecule has 3 rings (SSSR count). The van der Waals surface area contributed by atoms with Gasteiger partial charge in [-0.1, -0.05) is 26.8 Å². The number of benzene rings is 1. The Morgan fingerprint density at radius 1 is 1.30 bits per heavy atom. The summed E-state index contributed by atoms with van der Waals surface area (Å²) in [6.45, 7) is 5.71. The number of thiophene rings is 1. The molecule has 176 valence electrons. The maximum atomic E-state index is 12.7. The standard InChI is InChI=1S/C23H27N3O5S2/c1-4-26(5-2)33(29,30)17-8-6-7-16(12-17)23(28)31-14-21(27)25-22-19(13-24)18-10-9-15(3)11-20(18)32-22/h6-8,12,15H,4-5,9-11,14H2,1-3H3,(H,25,27). The van der Waals surface area contributed by atoms with E-state index in [4.69, 9.17) is 4.74 Å². The number of sulfonamides is 1. The van der Waals surface area contributed by atoms with Crippen LogP contribution in [0.25, 0.3) is 0 Å². The number of esters is 1. The van der Waals surface area contributed by atoms with Crippen molar-refractivity contribution in [2.75, 3.05) is 25.0 Å². The monoisotopic (exact) mass is 489 g/mol. The number of hydrogen-bond acceptors (Lipinski definition) is 7.